The summed E-state index contributed by atoms with van der Waals surface area (Å²) in [6.07, 6.45) is 4.60. The van der Waals surface area contributed by atoms with E-state index in [9.17, 15) is 0 Å². The van der Waals surface area contributed by atoms with E-state index in [4.69, 9.17) is 0 Å². The Labute approximate surface area is 109 Å². The van der Waals surface area contributed by atoms with Crippen molar-refractivity contribution in [2.45, 2.75) is 31.8 Å². The van der Waals surface area contributed by atoms with Gasteiger partial charge >= 0.3 is 0 Å². The molecule has 1 heterocycles. The normalized spacial score (nSPS) is 43.7. The maximum Gasteiger partial charge on any atom is 0.0701 e. The summed E-state index contributed by atoms with van der Waals surface area (Å²) >= 11 is 5.38. The quantitative estimate of drug-likeness (QED) is 0.898. The Morgan fingerprint density at radius 3 is 2.62 bits per heavy atom. The highest BCUT2D eigenvalue weighted by molar-refractivity contribution is 9.11. The van der Waals surface area contributed by atoms with Gasteiger partial charge in [-0.25, -0.2) is 0 Å². The SMILES string of the molecule is Brc1ccc(CNC2C3C4CCC(C4)C23)s1. The number of thiophene rings is 1. The van der Waals surface area contributed by atoms with E-state index in [-0.39, 0.29) is 0 Å². The van der Waals surface area contributed by atoms with Crippen LogP contribution in [0, 0.1) is 23.7 Å². The van der Waals surface area contributed by atoms with E-state index in [0.717, 1.165) is 36.3 Å². The molecular weight excluding hydrogens is 282 g/mol. The minimum absolute atomic E-state index is 0.868. The summed E-state index contributed by atoms with van der Waals surface area (Å²) in [5.41, 5.74) is 0. The van der Waals surface area contributed by atoms with Crippen LogP contribution in [0.4, 0.5) is 0 Å². The first-order valence-corrected chi connectivity index (χ1v) is 7.91. The Kier molecular flexibility index (Phi) is 2.25. The third-order valence-electron chi connectivity index (χ3n) is 4.88. The second-order valence-corrected chi connectivity index (χ2v) is 8.15. The van der Waals surface area contributed by atoms with Crippen LogP contribution in [0.5, 0.6) is 0 Å². The van der Waals surface area contributed by atoms with Crippen molar-refractivity contribution in [1.29, 1.82) is 0 Å². The molecule has 3 aliphatic rings. The first-order valence-electron chi connectivity index (χ1n) is 6.30. The molecule has 2 bridgehead atoms. The molecule has 0 radical (unpaired) electrons. The predicted octanol–water partition coefficient (Wildman–Crippen LogP) is 3.64. The Bertz CT molecular complexity index is 400. The number of rotatable bonds is 3. The van der Waals surface area contributed by atoms with Gasteiger partial charge in [0.05, 0.1) is 3.79 Å². The van der Waals surface area contributed by atoms with E-state index in [1.807, 2.05) is 11.3 Å². The van der Waals surface area contributed by atoms with Crippen LogP contribution in [0.2, 0.25) is 0 Å². The summed E-state index contributed by atoms with van der Waals surface area (Å²) in [4.78, 5) is 1.46. The Balaban J connectivity index is 1.37. The second kappa shape index (κ2) is 3.56. The Morgan fingerprint density at radius 1 is 1.25 bits per heavy atom. The first-order chi connectivity index (χ1) is 7.83. The van der Waals surface area contributed by atoms with Gasteiger partial charge in [-0.15, -0.1) is 11.3 Å². The van der Waals surface area contributed by atoms with Crippen LogP contribution in [-0.2, 0) is 6.54 Å². The molecule has 0 amide bonds. The van der Waals surface area contributed by atoms with Crippen molar-refractivity contribution < 1.29 is 0 Å². The van der Waals surface area contributed by atoms with Crippen LogP contribution in [0.25, 0.3) is 0 Å². The molecule has 3 saturated carbocycles. The molecule has 0 aromatic carbocycles. The maximum atomic E-state index is 3.78. The van der Waals surface area contributed by atoms with Crippen LogP contribution in [0.1, 0.15) is 24.1 Å². The lowest BCUT2D eigenvalue weighted by Gasteiger charge is -2.09. The molecule has 0 spiro atoms. The first kappa shape index (κ1) is 10.1. The lowest BCUT2D eigenvalue weighted by atomic mass is 10.0. The summed E-state index contributed by atoms with van der Waals surface area (Å²) in [7, 11) is 0. The van der Waals surface area contributed by atoms with Crippen molar-refractivity contribution in [3.8, 4) is 0 Å². The van der Waals surface area contributed by atoms with E-state index in [1.165, 1.54) is 21.5 Å². The third-order valence-corrected chi connectivity index (χ3v) is 6.50. The van der Waals surface area contributed by atoms with Crippen molar-refractivity contribution in [3.05, 3.63) is 20.8 Å². The maximum absolute atomic E-state index is 3.78. The van der Waals surface area contributed by atoms with Crippen molar-refractivity contribution in [2.24, 2.45) is 23.7 Å². The minimum Gasteiger partial charge on any atom is -0.309 e. The Morgan fingerprint density at radius 2 is 2.00 bits per heavy atom. The molecule has 3 heteroatoms. The molecule has 1 aromatic heterocycles. The van der Waals surface area contributed by atoms with Gasteiger partial charge in [0, 0.05) is 17.5 Å². The van der Waals surface area contributed by atoms with E-state index in [0.29, 0.717) is 0 Å². The zero-order valence-corrected chi connectivity index (χ0v) is 11.6. The zero-order valence-electron chi connectivity index (χ0n) is 9.16. The van der Waals surface area contributed by atoms with Gasteiger partial charge in [0.25, 0.3) is 0 Å². The molecule has 4 atom stereocenters. The molecule has 1 N–H and O–H groups in total. The van der Waals surface area contributed by atoms with E-state index in [2.05, 4.69) is 33.4 Å². The molecule has 86 valence electrons. The van der Waals surface area contributed by atoms with Crippen LogP contribution < -0.4 is 5.32 Å². The molecule has 4 unspecified atom stereocenters. The van der Waals surface area contributed by atoms with Crippen LogP contribution in [0.15, 0.2) is 15.9 Å². The van der Waals surface area contributed by atoms with Gasteiger partial charge < -0.3 is 5.32 Å². The zero-order chi connectivity index (χ0) is 10.7. The molecule has 0 aliphatic heterocycles. The lowest BCUT2D eigenvalue weighted by Crippen LogP contribution is -2.21. The van der Waals surface area contributed by atoms with Crippen LogP contribution in [-0.4, -0.2) is 6.04 Å². The third kappa shape index (κ3) is 1.44. The van der Waals surface area contributed by atoms with Crippen molar-refractivity contribution >= 4 is 27.3 Å². The lowest BCUT2D eigenvalue weighted by molar-refractivity contribution is 0.456. The fraction of sp³-hybridized carbons (Fsp3) is 0.692. The molecule has 1 aromatic rings. The smallest absolute Gasteiger partial charge is 0.0701 e. The summed E-state index contributed by atoms with van der Waals surface area (Å²) in [5, 5.41) is 3.78. The standard InChI is InChI=1S/C13H16BrNS/c14-10-4-3-9(16-10)6-15-13-11-7-1-2-8(5-7)12(11)13/h3-4,7-8,11-13,15H,1-2,5-6H2. The monoisotopic (exact) mass is 297 g/mol. The van der Waals surface area contributed by atoms with E-state index in [1.54, 1.807) is 6.42 Å². The van der Waals surface area contributed by atoms with Gasteiger partial charge in [-0.3, -0.25) is 0 Å². The number of hydrogen-bond donors (Lipinski definition) is 1. The average molecular weight is 298 g/mol. The largest absolute Gasteiger partial charge is 0.309 e. The highest BCUT2D eigenvalue weighted by Gasteiger charge is 2.64. The van der Waals surface area contributed by atoms with Crippen molar-refractivity contribution in [1.82, 2.24) is 5.32 Å². The average Bonchev–Trinajstić information content (AvgIpc) is 2.70. The second-order valence-electron chi connectivity index (χ2n) is 5.60. The number of halogens is 1. The van der Waals surface area contributed by atoms with Gasteiger partial charge in [0.2, 0.25) is 0 Å². The van der Waals surface area contributed by atoms with Gasteiger partial charge in [-0.05, 0) is 71.0 Å². The molecule has 0 saturated heterocycles. The molecule has 4 rings (SSSR count). The van der Waals surface area contributed by atoms with Gasteiger partial charge in [0.15, 0.2) is 0 Å². The van der Waals surface area contributed by atoms with Gasteiger partial charge in [0.1, 0.15) is 0 Å². The highest BCUT2D eigenvalue weighted by Crippen LogP contribution is 2.65. The summed E-state index contributed by atoms with van der Waals surface area (Å²) in [6.45, 7) is 1.08. The van der Waals surface area contributed by atoms with E-state index >= 15 is 0 Å². The Hall–Kier alpha value is 0.140. The highest BCUT2D eigenvalue weighted by atomic mass is 79.9. The predicted molar refractivity (Wildman–Crippen MR) is 70.5 cm³/mol. The summed E-state index contributed by atoms with van der Waals surface area (Å²) < 4.78 is 1.25. The van der Waals surface area contributed by atoms with Gasteiger partial charge in [-0.2, -0.15) is 0 Å². The number of hydrogen-bond acceptors (Lipinski definition) is 2. The van der Waals surface area contributed by atoms with Crippen LogP contribution >= 0.6 is 27.3 Å². The molecular formula is C13H16BrNS. The number of fused-ring (bicyclic) bond motifs is 5. The van der Waals surface area contributed by atoms with Gasteiger partial charge in [-0.1, -0.05) is 0 Å². The van der Waals surface area contributed by atoms with Crippen molar-refractivity contribution in [3.63, 3.8) is 0 Å². The minimum atomic E-state index is 0.868. The number of nitrogens with one attached hydrogen (secondary N) is 1. The summed E-state index contributed by atoms with van der Waals surface area (Å²) in [6, 6.07) is 5.25. The van der Waals surface area contributed by atoms with Crippen LogP contribution in [0.3, 0.4) is 0 Å². The molecule has 1 nitrogen and oxygen atoms in total. The fourth-order valence-corrected chi connectivity index (χ4v) is 5.70. The topological polar surface area (TPSA) is 12.0 Å². The molecule has 16 heavy (non-hydrogen) atoms. The molecule has 3 fully saturated rings. The van der Waals surface area contributed by atoms with Crippen molar-refractivity contribution in [2.75, 3.05) is 0 Å². The fourth-order valence-electron chi connectivity index (χ4n) is 4.26. The summed E-state index contributed by atoms with van der Waals surface area (Å²) in [5.74, 6) is 4.29. The molecule has 3 aliphatic carbocycles. The van der Waals surface area contributed by atoms with E-state index < -0.39 is 0 Å².